The summed E-state index contributed by atoms with van der Waals surface area (Å²) >= 11 is 5.89. The van der Waals surface area contributed by atoms with Crippen LogP contribution in [-0.4, -0.2) is 16.8 Å². The lowest BCUT2D eigenvalue weighted by atomic mass is 10.2. The van der Waals surface area contributed by atoms with E-state index in [9.17, 15) is 9.59 Å². The van der Waals surface area contributed by atoms with Crippen molar-refractivity contribution >= 4 is 34.8 Å². The van der Waals surface area contributed by atoms with Crippen LogP contribution < -0.4 is 10.6 Å². The predicted molar refractivity (Wildman–Crippen MR) is 87.2 cm³/mol. The number of hydrogen-bond donors (Lipinski definition) is 2. The Morgan fingerprint density at radius 1 is 1.14 bits per heavy atom. The van der Waals surface area contributed by atoms with Gasteiger partial charge in [-0.05, 0) is 36.8 Å². The van der Waals surface area contributed by atoms with E-state index < -0.39 is 0 Å². The average molecular weight is 318 g/mol. The molecule has 0 saturated carbocycles. The maximum absolute atomic E-state index is 12.1. The summed E-state index contributed by atoms with van der Waals surface area (Å²) in [6, 6.07) is 10.2. The van der Waals surface area contributed by atoms with Gasteiger partial charge in [0.15, 0.2) is 0 Å². The van der Waals surface area contributed by atoms with Gasteiger partial charge >= 0.3 is 0 Å². The number of benzene rings is 1. The van der Waals surface area contributed by atoms with Gasteiger partial charge in [-0.3, -0.25) is 9.59 Å². The van der Waals surface area contributed by atoms with Crippen LogP contribution in [0.5, 0.6) is 0 Å². The van der Waals surface area contributed by atoms with Gasteiger partial charge in [-0.25, -0.2) is 4.98 Å². The third kappa shape index (κ3) is 4.30. The first-order valence-electron chi connectivity index (χ1n) is 6.92. The molecule has 0 saturated heterocycles. The molecule has 0 spiro atoms. The molecule has 2 N–H and O–H groups in total. The molecule has 6 heteroatoms. The molecule has 0 aliphatic rings. The molecule has 0 aliphatic carbocycles. The number of carbonyl (C=O) groups excluding carboxylic acids is 2. The molecule has 1 aromatic heterocycles. The second-order valence-electron chi connectivity index (χ2n) is 4.67. The molecule has 1 heterocycles. The van der Waals surface area contributed by atoms with Gasteiger partial charge in [-0.2, -0.15) is 0 Å². The molecule has 0 radical (unpaired) electrons. The largest absolute Gasteiger partial charge is 0.326 e. The van der Waals surface area contributed by atoms with E-state index in [2.05, 4.69) is 15.6 Å². The van der Waals surface area contributed by atoms with Crippen LogP contribution in [0.25, 0.3) is 0 Å². The number of hydrogen-bond acceptors (Lipinski definition) is 3. The summed E-state index contributed by atoms with van der Waals surface area (Å²) in [5, 5.41) is 5.65. The lowest BCUT2D eigenvalue weighted by Gasteiger charge is -2.09. The average Bonchev–Trinajstić information content (AvgIpc) is 2.48. The Hall–Kier alpha value is -2.40. The highest BCUT2D eigenvalue weighted by molar-refractivity contribution is 6.33. The number of rotatable bonds is 5. The van der Waals surface area contributed by atoms with Crippen molar-refractivity contribution in [3.8, 4) is 0 Å². The smallest absolute Gasteiger partial charge is 0.258 e. The molecule has 0 fully saturated rings. The Morgan fingerprint density at radius 2 is 1.86 bits per heavy atom. The third-order valence-corrected chi connectivity index (χ3v) is 3.19. The van der Waals surface area contributed by atoms with Gasteiger partial charge in [0.25, 0.3) is 5.91 Å². The third-order valence-electron chi connectivity index (χ3n) is 2.88. The van der Waals surface area contributed by atoms with Gasteiger partial charge in [0.1, 0.15) is 5.15 Å². The van der Waals surface area contributed by atoms with E-state index in [0.717, 1.165) is 6.42 Å². The zero-order valence-corrected chi connectivity index (χ0v) is 12.9. The van der Waals surface area contributed by atoms with Crippen molar-refractivity contribution in [3.63, 3.8) is 0 Å². The molecule has 5 nitrogen and oxygen atoms in total. The Morgan fingerprint density at radius 3 is 2.55 bits per heavy atom. The standard InChI is InChI=1S/C16H16ClN3O2/c1-2-5-14(21)19-11-6-3-7-12(10-11)20-16(22)13-8-4-9-18-15(13)17/h3-4,6-10H,2,5H2,1H3,(H,19,21)(H,20,22). The van der Waals surface area contributed by atoms with Crippen molar-refractivity contribution in [1.82, 2.24) is 4.98 Å². The SMILES string of the molecule is CCCC(=O)Nc1cccc(NC(=O)c2cccnc2Cl)c1. The molecule has 2 rings (SSSR count). The quantitative estimate of drug-likeness (QED) is 0.825. The van der Waals surface area contributed by atoms with E-state index in [4.69, 9.17) is 11.6 Å². The zero-order chi connectivity index (χ0) is 15.9. The summed E-state index contributed by atoms with van der Waals surface area (Å²) in [6.45, 7) is 1.94. The summed E-state index contributed by atoms with van der Waals surface area (Å²) in [7, 11) is 0. The van der Waals surface area contributed by atoms with E-state index in [1.165, 1.54) is 6.20 Å². The van der Waals surface area contributed by atoms with Gasteiger partial charge in [-0.15, -0.1) is 0 Å². The molecule has 114 valence electrons. The van der Waals surface area contributed by atoms with Gasteiger partial charge in [0, 0.05) is 24.0 Å². The highest BCUT2D eigenvalue weighted by Crippen LogP contribution is 2.18. The molecular formula is C16H16ClN3O2. The summed E-state index contributed by atoms with van der Waals surface area (Å²) in [4.78, 5) is 27.6. The summed E-state index contributed by atoms with van der Waals surface area (Å²) in [5.74, 6) is -0.406. The van der Waals surface area contributed by atoms with E-state index in [1.807, 2.05) is 6.92 Å². The number of nitrogens with zero attached hydrogens (tertiary/aromatic N) is 1. The van der Waals surface area contributed by atoms with Crippen molar-refractivity contribution in [2.45, 2.75) is 19.8 Å². The van der Waals surface area contributed by atoms with Gasteiger partial charge in [-0.1, -0.05) is 24.6 Å². The molecule has 0 unspecified atom stereocenters. The van der Waals surface area contributed by atoms with Crippen molar-refractivity contribution in [2.75, 3.05) is 10.6 Å². The fourth-order valence-electron chi connectivity index (χ4n) is 1.88. The highest BCUT2D eigenvalue weighted by Gasteiger charge is 2.11. The predicted octanol–water partition coefficient (Wildman–Crippen LogP) is 3.73. The van der Waals surface area contributed by atoms with Crippen LogP contribution in [0.15, 0.2) is 42.6 Å². The second-order valence-corrected chi connectivity index (χ2v) is 5.03. The van der Waals surface area contributed by atoms with E-state index >= 15 is 0 Å². The number of pyridine rings is 1. The summed E-state index contributed by atoms with van der Waals surface area (Å²) in [5.41, 5.74) is 1.50. The molecule has 22 heavy (non-hydrogen) atoms. The van der Waals surface area contributed by atoms with Crippen molar-refractivity contribution in [2.24, 2.45) is 0 Å². The van der Waals surface area contributed by atoms with Crippen LogP contribution in [0.2, 0.25) is 5.15 Å². The summed E-state index contributed by atoms with van der Waals surface area (Å²) in [6.07, 6.45) is 2.76. The molecule has 2 amide bonds. The first-order chi connectivity index (χ1) is 10.6. The fourth-order valence-corrected chi connectivity index (χ4v) is 2.08. The molecule has 0 atom stereocenters. The lowest BCUT2D eigenvalue weighted by Crippen LogP contribution is -2.14. The second kappa shape index (κ2) is 7.56. The monoisotopic (exact) mass is 317 g/mol. The Bertz CT molecular complexity index is 689. The van der Waals surface area contributed by atoms with Crippen LogP contribution in [0, 0.1) is 0 Å². The van der Waals surface area contributed by atoms with Crippen LogP contribution in [0.1, 0.15) is 30.1 Å². The van der Waals surface area contributed by atoms with E-state index in [1.54, 1.807) is 36.4 Å². The molecule has 0 aliphatic heterocycles. The Labute approximate surface area is 133 Å². The normalized spacial score (nSPS) is 10.1. The number of nitrogens with one attached hydrogen (secondary N) is 2. The van der Waals surface area contributed by atoms with Crippen molar-refractivity contribution < 1.29 is 9.59 Å². The number of anilines is 2. The minimum Gasteiger partial charge on any atom is -0.326 e. The summed E-state index contributed by atoms with van der Waals surface area (Å²) < 4.78 is 0. The minimum absolute atomic E-state index is 0.0544. The Kier molecular flexibility index (Phi) is 5.49. The number of aromatic nitrogens is 1. The minimum atomic E-state index is -0.352. The van der Waals surface area contributed by atoms with Gasteiger partial charge in [0.2, 0.25) is 5.91 Å². The number of halogens is 1. The van der Waals surface area contributed by atoms with Crippen LogP contribution in [-0.2, 0) is 4.79 Å². The van der Waals surface area contributed by atoms with E-state index in [0.29, 0.717) is 23.4 Å². The number of carbonyl (C=O) groups is 2. The molecular weight excluding hydrogens is 302 g/mol. The van der Waals surface area contributed by atoms with Crippen LogP contribution in [0.4, 0.5) is 11.4 Å². The van der Waals surface area contributed by atoms with Gasteiger partial charge in [0.05, 0.1) is 5.56 Å². The van der Waals surface area contributed by atoms with Crippen LogP contribution in [0.3, 0.4) is 0 Å². The first-order valence-corrected chi connectivity index (χ1v) is 7.29. The first kappa shape index (κ1) is 16.0. The van der Waals surface area contributed by atoms with Crippen LogP contribution >= 0.6 is 11.6 Å². The molecule has 0 bridgehead atoms. The topological polar surface area (TPSA) is 71.1 Å². The number of amides is 2. The fraction of sp³-hybridized carbons (Fsp3) is 0.188. The maximum Gasteiger partial charge on any atom is 0.258 e. The van der Waals surface area contributed by atoms with Gasteiger partial charge < -0.3 is 10.6 Å². The highest BCUT2D eigenvalue weighted by atomic mass is 35.5. The Balaban J connectivity index is 2.09. The van der Waals surface area contributed by atoms with Crippen molar-refractivity contribution in [3.05, 3.63) is 53.3 Å². The van der Waals surface area contributed by atoms with Crippen molar-refractivity contribution in [1.29, 1.82) is 0 Å². The molecule has 1 aromatic carbocycles. The zero-order valence-electron chi connectivity index (χ0n) is 12.1. The maximum atomic E-state index is 12.1. The lowest BCUT2D eigenvalue weighted by molar-refractivity contribution is -0.116. The van der Waals surface area contributed by atoms with E-state index in [-0.39, 0.29) is 17.0 Å². The molecule has 2 aromatic rings.